The number of fused-ring (bicyclic) bond motifs is 1. The molecular weight excluding hydrogens is 420 g/mol. The molecule has 4 heterocycles. The number of nitrogens with zero attached hydrogens (tertiary/aromatic N) is 4. The summed E-state index contributed by atoms with van der Waals surface area (Å²) in [5.41, 5.74) is 6.93. The zero-order chi connectivity index (χ0) is 21.5. The summed E-state index contributed by atoms with van der Waals surface area (Å²) >= 11 is 3.08. The summed E-state index contributed by atoms with van der Waals surface area (Å²) in [7, 11) is 1.86. The van der Waals surface area contributed by atoms with Crippen LogP contribution in [0.25, 0.3) is 0 Å². The minimum atomic E-state index is -0.565. The number of anilines is 1. The van der Waals surface area contributed by atoms with Gasteiger partial charge in [-0.05, 0) is 31.7 Å². The van der Waals surface area contributed by atoms with Crippen LogP contribution in [0, 0.1) is 11.8 Å². The van der Waals surface area contributed by atoms with Gasteiger partial charge in [0.05, 0.1) is 12.7 Å². The maximum absolute atomic E-state index is 12.7. The quantitative estimate of drug-likeness (QED) is 0.728. The van der Waals surface area contributed by atoms with E-state index < -0.39 is 5.54 Å². The van der Waals surface area contributed by atoms with Gasteiger partial charge in [-0.15, -0.1) is 11.3 Å². The molecule has 0 saturated carbocycles. The Kier molecular flexibility index (Phi) is 5.91. The summed E-state index contributed by atoms with van der Waals surface area (Å²) in [6.45, 7) is 6.83. The Morgan fingerprint density at radius 1 is 1.50 bits per heavy atom. The standard InChI is InChI=1S/C20H28N6O2S2/c1-11(2)5-14-7-15(25-26(14)4)17(27)22-16-9-29-18(23-16)20-10-28-12(3)6-13(20)8-30-19(21)24-20/h7,9,11-13H,5-6,8,10H2,1-4H3,(H2,21,24)(H,22,27). The summed E-state index contributed by atoms with van der Waals surface area (Å²) in [6.07, 6.45) is 1.98. The largest absolute Gasteiger partial charge is 0.379 e. The van der Waals surface area contributed by atoms with E-state index in [-0.39, 0.29) is 12.0 Å². The van der Waals surface area contributed by atoms with Gasteiger partial charge in [0.15, 0.2) is 10.9 Å². The molecule has 1 fully saturated rings. The number of nitrogens with one attached hydrogen (secondary N) is 1. The van der Waals surface area contributed by atoms with E-state index in [4.69, 9.17) is 20.4 Å². The SMILES string of the molecule is CC(C)Cc1cc(C(=O)Nc2csc(C34COC(C)CC3CSC(N)=N4)n2)nn1C. The molecule has 2 aliphatic heterocycles. The number of amides is 1. The van der Waals surface area contributed by atoms with Gasteiger partial charge < -0.3 is 15.8 Å². The molecule has 30 heavy (non-hydrogen) atoms. The van der Waals surface area contributed by atoms with E-state index in [1.807, 2.05) is 18.5 Å². The van der Waals surface area contributed by atoms with Gasteiger partial charge in [0, 0.05) is 29.8 Å². The molecule has 0 radical (unpaired) electrons. The van der Waals surface area contributed by atoms with Crippen LogP contribution in [0.5, 0.6) is 0 Å². The highest BCUT2D eigenvalue weighted by Gasteiger charge is 2.49. The Morgan fingerprint density at radius 3 is 3.07 bits per heavy atom. The Bertz CT molecular complexity index is 968. The molecular formula is C20H28N6O2S2. The van der Waals surface area contributed by atoms with Crippen molar-refractivity contribution in [3.8, 4) is 0 Å². The predicted octanol–water partition coefficient (Wildman–Crippen LogP) is 3.01. The molecule has 3 atom stereocenters. The second-order valence-electron chi connectivity index (χ2n) is 8.47. The van der Waals surface area contributed by atoms with E-state index in [2.05, 4.69) is 31.2 Å². The number of rotatable bonds is 5. The highest BCUT2D eigenvalue weighted by Crippen LogP contribution is 2.47. The van der Waals surface area contributed by atoms with Crippen LogP contribution < -0.4 is 11.1 Å². The molecule has 2 aromatic heterocycles. The van der Waals surface area contributed by atoms with Crippen LogP contribution in [0.4, 0.5) is 5.82 Å². The lowest BCUT2D eigenvalue weighted by Gasteiger charge is -2.44. The zero-order valence-electron chi connectivity index (χ0n) is 17.7. The van der Waals surface area contributed by atoms with Gasteiger partial charge in [0.2, 0.25) is 0 Å². The third-order valence-electron chi connectivity index (χ3n) is 5.56. The van der Waals surface area contributed by atoms with Crippen molar-refractivity contribution in [1.29, 1.82) is 0 Å². The fourth-order valence-corrected chi connectivity index (χ4v) is 5.99. The molecule has 4 rings (SSSR count). The van der Waals surface area contributed by atoms with E-state index in [9.17, 15) is 4.79 Å². The molecule has 8 nitrogen and oxygen atoms in total. The van der Waals surface area contributed by atoms with Crippen molar-refractivity contribution < 1.29 is 9.53 Å². The first-order chi connectivity index (χ1) is 14.3. The molecule has 2 aliphatic rings. The van der Waals surface area contributed by atoms with Crippen molar-refractivity contribution in [3.63, 3.8) is 0 Å². The normalized spacial score (nSPS) is 26.4. The van der Waals surface area contributed by atoms with Crippen LogP contribution in [0.15, 0.2) is 16.4 Å². The average Bonchev–Trinajstić information content (AvgIpc) is 3.29. The van der Waals surface area contributed by atoms with Gasteiger partial charge in [-0.1, -0.05) is 25.6 Å². The van der Waals surface area contributed by atoms with Gasteiger partial charge in [-0.3, -0.25) is 9.48 Å². The Labute approximate surface area is 184 Å². The number of hydrogen-bond acceptors (Lipinski definition) is 8. The number of amidine groups is 1. The van der Waals surface area contributed by atoms with Gasteiger partial charge in [0.25, 0.3) is 5.91 Å². The lowest BCUT2D eigenvalue weighted by Crippen LogP contribution is -2.49. The fraction of sp³-hybridized carbons (Fsp3) is 0.600. The maximum atomic E-state index is 12.7. The number of aryl methyl sites for hydroxylation is 1. The highest BCUT2D eigenvalue weighted by atomic mass is 32.2. The monoisotopic (exact) mass is 448 g/mol. The lowest BCUT2D eigenvalue weighted by atomic mass is 9.80. The van der Waals surface area contributed by atoms with E-state index in [1.165, 1.54) is 11.3 Å². The van der Waals surface area contributed by atoms with Crippen LogP contribution in [0.1, 0.15) is 48.4 Å². The molecule has 162 valence electrons. The minimum absolute atomic E-state index is 0.196. The van der Waals surface area contributed by atoms with E-state index in [0.29, 0.717) is 35.1 Å². The van der Waals surface area contributed by atoms with E-state index in [1.54, 1.807) is 16.4 Å². The van der Waals surface area contributed by atoms with Crippen molar-refractivity contribution in [2.45, 2.75) is 45.3 Å². The van der Waals surface area contributed by atoms with Gasteiger partial charge >= 0.3 is 0 Å². The van der Waals surface area contributed by atoms with Gasteiger partial charge in [-0.25, -0.2) is 9.98 Å². The lowest BCUT2D eigenvalue weighted by molar-refractivity contribution is -0.0466. The first kappa shape index (κ1) is 21.3. The molecule has 0 aromatic carbocycles. The first-order valence-electron chi connectivity index (χ1n) is 10.2. The number of ether oxygens (including phenoxy) is 1. The Morgan fingerprint density at radius 2 is 2.30 bits per heavy atom. The number of hydrogen-bond donors (Lipinski definition) is 2. The second-order valence-corrected chi connectivity index (χ2v) is 10.4. The minimum Gasteiger partial charge on any atom is -0.379 e. The number of thiazole rings is 1. The fourth-order valence-electron chi connectivity index (χ4n) is 4.02. The van der Waals surface area contributed by atoms with Crippen molar-refractivity contribution in [3.05, 3.63) is 27.8 Å². The summed E-state index contributed by atoms with van der Waals surface area (Å²) in [5, 5.41) is 10.5. The van der Waals surface area contributed by atoms with Crippen molar-refractivity contribution >= 4 is 40.0 Å². The maximum Gasteiger partial charge on any atom is 0.277 e. The molecule has 3 N–H and O–H groups in total. The first-order valence-corrected chi connectivity index (χ1v) is 12.0. The smallest absolute Gasteiger partial charge is 0.277 e. The van der Waals surface area contributed by atoms with Gasteiger partial charge in [-0.2, -0.15) is 5.10 Å². The van der Waals surface area contributed by atoms with Crippen LogP contribution >= 0.6 is 23.1 Å². The number of thioether (sulfide) groups is 1. The molecule has 1 saturated heterocycles. The Balaban J connectivity index is 1.54. The predicted molar refractivity (Wildman–Crippen MR) is 121 cm³/mol. The number of aromatic nitrogens is 3. The van der Waals surface area contributed by atoms with Gasteiger partial charge in [0.1, 0.15) is 16.4 Å². The number of aliphatic imine (C=N–C) groups is 1. The second kappa shape index (κ2) is 8.32. The molecule has 2 aromatic rings. The van der Waals surface area contributed by atoms with E-state index in [0.717, 1.165) is 29.3 Å². The molecule has 10 heteroatoms. The van der Waals surface area contributed by atoms with Crippen LogP contribution in [0.3, 0.4) is 0 Å². The third-order valence-corrected chi connectivity index (χ3v) is 7.53. The topological polar surface area (TPSA) is 107 Å². The molecule has 0 spiro atoms. The van der Waals surface area contributed by atoms with Crippen molar-refractivity contribution in [1.82, 2.24) is 14.8 Å². The van der Waals surface area contributed by atoms with Crippen molar-refractivity contribution in [2.24, 2.45) is 29.6 Å². The van der Waals surface area contributed by atoms with Crippen molar-refractivity contribution in [2.75, 3.05) is 17.7 Å². The van der Waals surface area contributed by atoms with E-state index >= 15 is 0 Å². The number of carbonyl (C=O) groups excluding carboxylic acids is 1. The average molecular weight is 449 g/mol. The van der Waals surface area contributed by atoms with Crippen LogP contribution in [-0.4, -0.2) is 44.3 Å². The molecule has 1 amide bonds. The summed E-state index contributed by atoms with van der Waals surface area (Å²) in [5.74, 6) is 1.95. The highest BCUT2D eigenvalue weighted by molar-refractivity contribution is 8.13. The summed E-state index contributed by atoms with van der Waals surface area (Å²) < 4.78 is 7.72. The third kappa shape index (κ3) is 4.13. The molecule has 0 aliphatic carbocycles. The molecule has 0 bridgehead atoms. The number of nitrogens with two attached hydrogens (primary N) is 1. The number of carbonyl (C=O) groups is 1. The summed E-state index contributed by atoms with van der Waals surface area (Å²) in [6, 6.07) is 1.84. The van der Waals surface area contributed by atoms with Crippen LogP contribution in [-0.2, 0) is 23.7 Å². The summed E-state index contributed by atoms with van der Waals surface area (Å²) in [4.78, 5) is 22.2. The molecule has 3 unspecified atom stereocenters. The Hall–Kier alpha value is -1.91. The van der Waals surface area contributed by atoms with Crippen LogP contribution in [0.2, 0.25) is 0 Å². The zero-order valence-corrected chi connectivity index (χ0v) is 19.3.